The summed E-state index contributed by atoms with van der Waals surface area (Å²) in [6, 6.07) is 1.90. The average Bonchev–Trinajstić information content (AvgIpc) is 2.83. The average molecular weight is 216 g/mol. The Labute approximate surface area is 91.2 Å². The Bertz CT molecular complexity index is 472. The van der Waals surface area contributed by atoms with E-state index in [9.17, 15) is 0 Å². The second-order valence-electron chi connectivity index (χ2n) is 2.91. The first-order valence-corrected chi connectivity index (χ1v) is 4.60. The number of nitriles is 1. The van der Waals surface area contributed by atoms with Crippen LogP contribution in [-0.4, -0.2) is 26.7 Å². The fourth-order valence-electron chi connectivity index (χ4n) is 1.08. The van der Waals surface area contributed by atoms with Crippen molar-refractivity contribution in [3.8, 4) is 6.07 Å². The maximum atomic E-state index is 8.53. The van der Waals surface area contributed by atoms with Crippen LogP contribution < -0.4 is 5.32 Å². The molecule has 2 rings (SSSR count). The van der Waals surface area contributed by atoms with Crippen LogP contribution in [0.1, 0.15) is 11.6 Å². The molecular formula is C9H8N6O. The normalized spacial score (nSPS) is 9.69. The van der Waals surface area contributed by atoms with Gasteiger partial charge >= 0.3 is 0 Å². The van der Waals surface area contributed by atoms with E-state index in [0.29, 0.717) is 30.4 Å². The molecule has 80 valence electrons. The Morgan fingerprint density at radius 2 is 2.25 bits per heavy atom. The lowest BCUT2D eigenvalue weighted by Gasteiger charge is -2.01. The molecule has 0 aliphatic rings. The SMILES string of the molecule is N#Cc1cnc(NCCc2ncno2)cn1. The largest absolute Gasteiger partial charge is 0.368 e. The lowest BCUT2D eigenvalue weighted by Crippen LogP contribution is -2.06. The molecule has 0 unspecified atom stereocenters. The topological polar surface area (TPSA) is 101 Å². The molecule has 7 nitrogen and oxygen atoms in total. The fourth-order valence-corrected chi connectivity index (χ4v) is 1.08. The fraction of sp³-hybridized carbons (Fsp3) is 0.222. The van der Waals surface area contributed by atoms with Crippen molar-refractivity contribution >= 4 is 5.82 Å². The minimum atomic E-state index is 0.294. The highest BCUT2D eigenvalue weighted by Crippen LogP contribution is 2.00. The number of hydrogen-bond acceptors (Lipinski definition) is 7. The Morgan fingerprint density at radius 1 is 1.31 bits per heavy atom. The molecule has 2 heterocycles. The summed E-state index contributed by atoms with van der Waals surface area (Å²) >= 11 is 0. The molecule has 1 N–H and O–H groups in total. The predicted octanol–water partition coefficient (Wildman–Crippen LogP) is 0.386. The van der Waals surface area contributed by atoms with Gasteiger partial charge in [0, 0.05) is 13.0 Å². The van der Waals surface area contributed by atoms with Crippen LogP contribution in [0, 0.1) is 11.3 Å². The summed E-state index contributed by atoms with van der Waals surface area (Å²) in [7, 11) is 0. The molecule has 0 amide bonds. The third-order valence-corrected chi connectivity index (χ3v) is 1.82. The van der Waals surface area contributed by atoms with Gasteiger partial charge in [-0.05, 0) is 0 Å². The standard InChI is InChI=1S/C9H8N6O/c10-3-7-4-13-8(5-12-7)11-2-1-9-14-6-15-16-9/h4-6H,1-2H2,(H,11,13). The second-order valence-corrected chi connectivity index (χ2v) is 2.91. The second kappa shape index (κ2) is 4.84. The van der Waals surface area contributed by atoms with E-state index in [4.69, 9.17) is 9.78 Å². The number of nitrogens with zero attached hydrogens (tertiary/aromatic N) is 5. The van der Waals surface area contributed by atoms with Gasteiger partial charge in [0.15, 0.2) is 12.0 Å². The Hall–Kier alpha value is -2.49. The van der Waals surface area contributed by atoms with E-state index in [1.807, 2.05) is 6.07 Å². The van der Waals surface area contributed by atoms with Gasteiger partial charge in [0.2, 0.25) is 5.89 Å². The highest BCUT2D eigenvalue weighted by Gasteiger charge is 1.99. The lowest BCUT2D eigenvalue weighted by atomic mass is 10.4. The zero-order chi connectivity index (χ0) is 11.2. The quantitative estimate of drug-likeness (QED) is 0.788. The van der Waals surface area contributed by atoms with Crippen molar-refractivity contribution in [2.24, 2.45) is 0 Å². The molecule has 2 aromatic rings. The molecule has 0 aliphatic carbocycles. The molecule has 0 aromatic carbocycles. The van der Waals surface area contributed by atoms with Gasteiger partial charge in [0.05, 0.1) is 12.4 Å². The molecule has 0 saturated carbocycles. The van der Waals surface area contributed by atoms with Gasteiger partial charge in [-0.1, -0.05) is 5.16 Å². The van der Waals surface area contributed by atoms with Crippen LogP contribution in [0.2, 0.25) is 0 Å². The summed E-state index contributed by atoms with van der Waals surface area (Å²) in [4.78, 5) is 11.8. The van der Waals surface area contributed by atoms with Crippen molar-refractivity contribution in [2.75, 3.05) is 11.9 Å². The molecule has 0 fully saturated rings. The maximum Gasteiger partial charge on any atom is 0.228 e. The van der Waals surface area contributed by atoms with Crippen molar-refractivity contribution < 1.29 is 4.52 Å². The monoisotopic (exact) mass is 216 g/mol. The van der Waals surface area contributed by atoms with Crippen molar-refractivity contribution in [3.63, 3.8) is 0 Å². The highest BCUT2D eigenvalue weighted by atomic mass is 16.5. The van der Waals surface area contributed by atoms with Crippen LogP contribution in [0.25, 0.3) is 0 Å². The number of nitrogens with one attached hydrogen (secondary N) is 1. The minimum Gasteiger partial charge on any atom is -0.368 e. The Balaban J connectivity index is 1.83. The zero-order valence-corrected chi connectivity index (χ0v) is 8.29. The van der Waals surface area contributed by atoms with Crippen LogP contribution in [0.5, 0.6) is 0 Å². The maximum absolute atomic E-state index is 8.53. The smallest absolute Gasteiger partial charge is 0.228 e. The van der Waals surface area contributed by atoms with E-state index in [-0.39, 0.29) is 0 Å². The first-order chi connectivity index (χ1) is 7.88. The van der Waals surface area contributed by atoms with Crippen molar-refractivity contribution in [1.82, 2.24) is 20.1 Å². The van der Waals surface area contributed by atoms with Gasteiger partial charge in [-0.2, -0.15) is 10.2 Å². The molecule has 2 aromatic heterocycles. The highest BCUT2D eigenvalue weighted by molar-refractivity contribution is 5.32. The summed E-state index contributed by atoms with van der Waals surface area (Å²) in [5, 5.41) is 15.0. The van der Waals surface area contributed by atoms with E-state index in [0.717, 1.165) is 0 Å². The van der Waals surface area contributed by atoms with Crippen LogP contribution in [0.4, 0.5) is 5.82 Å². The Kier molecular flexibility index (Phi) is 3.04. The molecule has 0 saturated heterocycles. The van der Waals surface area contributed by atoms with Gasteiger partial charge in [-0.3, -0.25) is 0 Å². The molecular weight excluding hydrogens is 208 g/mol. The van der Waals surface area contributed by atoms with Gasteiger partial charge in [0.25, 0.3) is 0 Å². The summed E-state index contributed by atoms with van der Waals surface area (Å²) in [6.45, 7) is 0.614. The number of anilines is 1. The first kappa shape index (κ1) is 10.0. The summed E-state index contributed by atoms with van der Waals surface area (Å²) in [5.74, 6) is 1.17. The van der Waals surface area contributed by atoms with E-state index in [1.165, 1.54) is 18.7 Å². The summed E-state index contributed by atoms with van der Waals surface area (Å²) in [6.07, 6.45) is 4.89. The molecule has 0 bridgehead atoms. The number of hydrogen-bond donors (Lipinski definition) is 1. The number of aromatic nitrogens is 4. The van der Waals surface area contributed by atoms with Gasteiger partial charge in [-0.25, -0.2) is 9.97 Å². The minimum absolute atomic E-state index is 0.294. The molecule has 0 radical (unpaired) electrons. The van der Waals surface area contributed by atoms with E-state index in [2.05, 4.69) is 25.4 Å². The molecule has 7 heteroatoms. The van der Waals surface area contributed by atoms with E-state index < -0.39 is 0 Å². The van der Waals surface area contributed by atoms with Gasteiger partial charge in [-0.15, -0.1) is 0 Å². The van der Waals surface area contributed by atoms with Gasteiger partial charge < -0.3 is 9.84 Å². The lowest BCUT2D eigenvalue weighted by molar-refractivity contribution is 0.379. The van der Waals surface area contributed by atoms with Crippen molar-refractivity contribution in [3.05, 3.63) is 30.3 Å². The summed E-state index contributed by atoms with van der Waals surface area (Å²) in [5.41, 5.74) is 0.294. The van der Waals surface area contributed by atoms with Crippen LogP contribution in [0.3, 0.4) is 0 Å². The molecule has 16 heavy (non-hydrogen) atoms. The van der Waals surface area contributed by atoms with E-state index >= 15 is 0 Å². The Morgan fingerprint density at radius 3 is 2.88 bits per heavy atom. The van der Waals surface area contributed by atoms with Crippen LogP contribution in [-0.2, 0) is 6.42 Å². The van der Waals surface area contributed by atoms with Crippen molar-refractivity contribution in [1.29, 1.82) is 5.26 Å². The molecule has 0 aliphatic heterocycles. The van der Waals surface area contributed by atoms with Gasteiger partial charge in [0.1, 0.15) is 11.9 Å². The van der Waals surface area contributed by atoms with Crippen LogP contribution >= 0.6 is 0 Å². The third-order valence-electron chi connectivity index (χ3n) is 1.82. The van der Waals surface area contributed by atoms with Crippen LogP contribution in [0.15, 0.2) is 23.2 Å². The molecule has 0 spiro atoms. The number of rotatable bonds is 4. The summed E-state index contributed by atoms with van der Waals surface area (Å²) < 4.78 is 4.83. The molecule has 0 atom stereocenters. The predicted molar refractivity (Wildman–Crippen MR) is 53.2 cm³/mol. The van der Waals surface area contributed by atoms with E-state index in [1.54, 1.807) is 0 Å². The van der Waals surface area contributed by atoms with Crippen molar-refractivity contribution in [2.45, 2.75) is 6.42 Å². The zero-order valence-electron chi connectivity index (χ0n) is 8.29. The first-order valence-electron chi connectivity index (χ1n) is 4.60. The third kappa shape index (κ3) is 2.51.